The highest BCUT2D eigenvalue weighted by atomic mass is 32.2. The minimum absolute atomic E-state index is 0.0250. The van der Waals surface area contributed by atoms with Crippen LogP contribution in [0.4, 0.5) is 11.4 Å². The molecule has 3 aromatic carbocycles. The predicted molar refractivity (Wildman–Crippen MR) is 154 cm³/mol. The Labute approximate surface area is 231 Å². The van der Waals surface area contributed by atoms with E-state index >= 15 is 0 Å². The fourth-order valence-corrected chi connectivity index (χ4v) is 6.28. The average molecular weight is 549 g/mol. The van der Waals surface area contributed by atoms with E-state index in [-0.39, 0.29) is 33.5 Å². The number of sulfonamides is 1. The number of hydrogen-bond donors (Lipinski definition) is 1. The minimum Gasteiger partial charge on any atom is -0.449 e. The van der Waals surface area contributed by atoms with E-state index in [1.807, 2.05) is 65.0 Å². The van der Waals surface area contributed by atoms with Gasteiger partial charge in [0.1, 0.15) is 0 Å². The molecule has 1 aliphatic rings. The zero-order valence-corrected chi connectivity index (χ0v) is 24.3. The third-order valence-electron chi connectivity index (χ3n) is 7.24. The molecule has 8 heteroatoms. The highest BCUT2D eigenvalue weighted by molar-refractivity contribution is 7.92. The van der Waals surface area contributed by atoms with E-state index < -0.39 is 22.1 Å². The lowest BCUT2D eigenvalue weighted by atomic mass is 9.85. The van der Waals surface area contributed by atoms with Gasteiger partial charge in [0, 0.05) is 11.7 Å². The van der Waals surface area contributed by atoms with E-state index in [1.165, 1.54) is 19.1 Å². The molecule has 3 aromatic rings. The summed E-state index contributed by atoms with van der Waals surface area (Å²) in [5.74, 6) is -1.12. The number of fused-ring (bicyclic) bond motifs is 1. The zero-order chi connectivity index (χ0) is 28.7. The number of nitrogens with one attached hydrogen (secondary N) is 1. The standard InChI is InChI=1S/C31H36N2O5S/c1-19-16-24(31(5,6)7)18-28(21(19)3)39(36,37)32-26-14-10-9-13-25(26)30(35)38-22(4)29(34)33-20(2)17-23-12-8-11-15-27(23)33/h8-16,18,20,22,32H,17H2,1-7H3. The van der Waals surface area contributed by atoms with Crippen LogP contribution in [-0.4, -0.2) is 32.4 Å². The van der Waals surface area contributed by atoms with Crippen LogP contribution in [0.3, 0.4) is 0 Å². The summed E-state index contributed by atoms with van der Waals surface area (Å²) in [5.41, 5.74) is 4.13. The molecule has 0 aliphatic carbocycles. The zero-order valence-electron chi connectivity index (χ0n) is 23.5. The van der Waals surface area contributed by atoms with Gasteiger partial charge in [-0.3, -0.25) is 9.52 Å². The van der Waals surface area contributed by atoms with Gasteiger partial charge in [0.05, 0.1) is 16.1 Å². The summed E-state index contributed by atoms with van der Waals surface area (Å²) < 4.78 is 35.3. The fourth-order valence-electron chi connectivity index (χ4n) is 4.86. The van der Waals surface area contributed by atoms with Crippen molar-refractivity contribution in [3.63, 3.8) is 0 Å². The Morgan fingerprint density at radius 2 is 1.67 bits per heavy atom. The van der Waals surface area contributed by atoms with Crippen molar-refractivity contribution in [3.8, 4) is 0 Å². The topological polar surface area (TPSA) is 92.8 Å². The van der Waals surface area contributed by atoms with Crippen molar-refractivity contribution >= 4 is 33.3 Å². The van der Waals surface area contributed by atoms with Gasteiger partial charge in [-0.1, -0.05) is 57.2 Å². The van der Waals surface area contributed by atoms with E-state index in [9.17, 15) is 18.0 Å². The second-order valence-electron chi connectivity index (χ2n) is 11.3. The van der Waals surface area contributed by atoms with Gasteiger partial charge in [-0.15, -0.1) is 0 Å². The van der Waals surface area contributed by atoms with E-state index in [4.69, 9.17) is 4.74 Å². The first-order valence-electron chi connectivity index (χ1n) is 13.1. The molecule has 0 fully saturated rings. The maximum Gasteiger partial charge on any atom is 0.341 e. The quantitative estimate of drug-likeness (QED) is 0.386. The third-order valence-corrected chi connectivity index (χ3v) is 8.73. The Morgan fingerprint density at radius 1 is 1.03 bits per heavy atom. The molecule has 0 saturated heterocycles. The first kappa shape index (κ1) is 28.4. The van der Waals surface area contributed by atoms with Gasteiger partial charge in [0.15, 0.2) is 6.10 Å². The van der Waals surface area contributed by atoms with Crippen molar-refractivity contribution in [2.75, 3.05) is 9.62 Å². The number of carbonyl (C=O) groups excluding carboxylic acids is 2. The van der Waals surface area contributed by atoms with Crippen molar-refractivity contribution in [2.45, 2.75) is 77.3 Å². The van der Waals surface area contributed by atoms with Crippen molar-refractivity contribution < 1.29 is 22.7 Å². The van der Waals surface area contributed by atoms with E-state index in [0.717, 1.165) is 28.8 Å². The number of ether oxygens (including phenoxy) is 1. The van der Waals surface area contributed by atoms with Gasteiger partial charge in [-0.25, -0.2) is 13.2 Å². The second-order valence-corrected chi connectivity index (χ2v) is 12.9. The molecule has 4 rings (SSSR count). The SMILES string of the molecule is Cc1cc(C(C)(C)C)cc(S(=O)(=O)Nc2ccccc2C(=O)OC(C)C(=O)N2c3ccccc3CC2C)c1C. The molecule has 2 unspecified atom stereocenters. The van der Waals surface area contributed by atoms with Crippen LogP contribution in [0.2, 0.25) is 0 Å². The molecule has 39 heavy (non-hydrogen) atoms. The molecule has 2 atom stereocenters. The van der Waals surface area contributed by atoms with Gasteiger partial charge in [-0.2, -0.15) is 0 Å². The lowest BCUT2D eigenvalue weighted by Gasteiger charge is -2.26. The van der Waals surface area contributed by atoms with Crippen molar-refractivity contribution in [3.05, 3.63) is 88.5 Å². The molecule has 0 spiro atoms. The summed E-state index contributed by atoms with van der Waals surface area (Å²) in [6.45, 7) is 13.2. The van der Waals surface area contributed by atoms with E-state index in [0.29, 0.717) is 5.56 Å². The summed E-state index contributed by atoms with van der Waals surface area (Å²) >= 11 is 0. The summed E-state index contributed by atoms with van der Waals surface area (Å²) in [6.07, 6.45) is -0.341. The summed E-state index contributed by atoms with van der Waals surface area (Å²) in [5, 5.41) is 0. The molecule has 7 nitrogen and oxygen atoms in total. The van der Waals surface area contributed by atoms with Gasteiger partial charge < -0.3 is 9.64 Å². The van der Waals surface area contributed by atoms with Crippen LogP contribution in [-0.2, 0) is 31.4 Å². The molecule has 1 N–H and O–H groups in total. The Kier molecular flexibility index (Phi) is 7.63. The second kappa shape index (κ2) is 10.5. The summed E-state index contributed by atoms with van der Waals surface area (Å²) in [6, 6.07) is 17.5. The van der Waals surface area contributed by atoms with Gasteiger partial charge >= 0.3 is 5.97 Å². The van der Waals surface area contributed by atoms with Gasteiger partial charge in [-0.05, 0) is 86.1 Å². The summed E-state index contributed by atoms with van der Waals surface area (Å²) in [4.78, 5) is 28.3. The number of rotatable bonds is 6. The fraction of sp³-hybridized carbons (Fsp3) is 0.355. The summed E-state index contributed by atoms with van der Waals surface area (Å²) in [7, 11) is -4.04. The predicted octanol–water partition coefficient (Wildman–Crippen LogP) is 5.92. The monoisotopic (exact) mass is 548 g/mol. The Bertz CT molecular complexity index is 1540. The highest BCUT2D eigenvalue weighted by Gasteiger charge is 2.35. The van der Waals surface area contributed by atoms with Crippen LogP contribution in [0.15, 0.2) is 65.6 Å². The lowest BCUT2D eigenvalue weighted by Crippen LogP contribution is -2.43. The number of amides is 1. The number of esters is 1. The van der Waals surface area contributed by atoms with Crippen LogP contribution >= 0.6 is 0 Å². The normalized spacial score (nSPS) is 16.0. The number of aryl methyl sites for hydroxylation is 1. The maximum absolute atomic E-state index is 13.6. The molecule has 1 heterocycles. The lowest BCUT2D eigenvalue weighted by molar-refractivity contribution is -0.126. The molecule has 0 radical (unpaired) electrons. The Morgan fingerprint density at radius 3 is 2.36 bits per heavy atom. The smallest absolute Gasteiger partial charge is 0.341 e. The number of hydrogen-bond acceptors (Lipinski definition) is 5. The Balaban J connectivity index is 1.58. The molecule has 0 saturated carbocycles. The maximum atomic E-state index is 13.6. The molecule has 0 aromatic heterocycles. The third kappa shape index (κ3) is 5.71. The Hall–Kier alpha value is -3.65. The van der Waals surface area contributed by atoms with E-state index in [2.05, 4.69) is 4.72 Å². The average Bonchev–Trinajstić information content (AvgIpc) is 3.19. The first-order valence-corrected chi connectivity index (χ1v) is 14.5. The van der Waals surface area contributed by atoms with Gasteiger partial charge in [0.25, 0.3) is 15.9 Å². The molecule has 206 valence electrons. The van der Waals surface area contributed by atoms with Crippen LogP contribution < -0.4 is 9.62 Å². The van der Waals surface area contributed by atoms with Crippen LogP contribution in [0.5, 0.6) is 0 Å². The van der Waals surface area contributed by atoms with Crippen molar-refractivity contribution in [1.82, 2.24) is 0 Å². The largest absolute Gasteiger partial charge is 0.449 e. The van der Waals surface area contributed by atoms with Crippen LogP contribution in [0.25, 0.3) is 0 Å². The minimum atomic E-state index is -4.04. The number of nitrogens with zero attached hydrogens (tertiary/aromatic N) is 1. The number of para-hydroxylation sites is 2. The van der Waals surface area contributed by atoms with Crippen LogP contribution in [0.1, 0.15) is 67.2 Å². The van der Waals surface area contributed by atoms with Crippen molar-refractivity contribution in [1.29, 1.82) is 0 Å². The molecular weight excluding hydrogens is 512 g/mol. The molecule has 0 bridgehead atoms. The number of anilines is 2. The van der Waals surface area contributed by atoms with Gasteiger partial charge in [0.2, 0.25) is 0 Å². The van der Waals surface area contributed by atoms with Crippen molar-refractivity contribution in [2.24, 2.45) is 0 Å². The number of carbonyl (C=O) groups is 2. The first-order chi connectivity index (χ1) is 18.2. The molecule has 1 amide bonds. The van der Waals surface area contributed by atoms with E-state index in [1.54, 1.807) is 30.0 Å². The molecular formula is C31H36N2O5S. The number of benzene rings is 3. The van der Waals surface area contributed by atoms with Crippen LogP contribution in [0, 0.1) is 13.8 Å². The highest BCUT2D eigenvalue weighted by Crippen LogP contribution is 2.33. The molecule has 1 aliphatic heterocycles.